The lowest BCUT2D eigenvalue weighted by Gasteiger charge is -2.20. The molecule has 0 aliphatic heterocycles. The van der Waals surface area contributed by atoms with Crippen LogP contribution in [0, 0.1) is 45.3 Å². The van der Waals surface area contributed by atoms with Crippen molar-refractivity contribution >= 4 is 75.8 Å². The molecule has 0 aliphatic carbocycles. The lowest BCUT2D eigenvalue weighted by atomic mass is 9.83. The van der Waals surface area contributed by atoms with Gasteiger partial charge in [0.1, 0.15) is 46.9 Å². The van der Waals surface area contributed by atoms with Gasteiger partial charge in [0, 0.05) is 10.4 Å². The van der Waals surface area contributed by atoms with E-state index in [4.69, 9.17) is 30.5 Å². The second-order valence-corrected chi connectivity index (χ2v) is 10.4. The van der Waals surface area contributed by atoms with Gasteiger partial charge in [-0.15, -0.1) is 0 Å². The van der Waals surface area contributed by atoms with Crippen LogP contribution in [0.25, 0.3) is 75.8 Å². The molecule has 0 unspecified atom stereocenters. The van der Waals surface area contributed by atoms with Crippen LogP contribution in [0.3, 0.4) is 0 Å². The third-order valence-electron chi connectivity index (χ3n) is 8.39. The van der Waals surface area contributed by atoms with Gasteiger partial charge in [-0.2, -0.15) is 21.0 Å². The Labute approximate surface area is 251 Å². The number of hydrogen-bond donors (Lipinski definition) is 0. The summed E-state index contributed by atoms with van der Waals surface area (Å²) in [4.78, 5) is 0. The molecule has 0 radical (unpaired) electrons. The third-order valence-corrected chi connectivity index (χ3v) is 8.39. The molecule has 8 aromatic carbocycles. The SMILES string of the molecule is COc1cc(=C(C#N)C#N)c(OC)cc1=C(C#N)C#N.c1cc2ccc3ccc4ccc5ccc6ccc1c1c2c3c4c5c61. The van der Waals surface area contributed by atoms with Crippen LogP contribution in [0.4, 0.5) is 0 Å². The summed E-state index contributed by atoms with van der Waals surface area (Å²) in [6, 6.07) is 37.1. The third kappa shape index (κ3) is 3.63. The van der Waals surface area contributed by atoms with E-state index in [0.29, 0.717) is 0 Å². The predicted octanol–water partition coefficient (Wildman–Crippen LogP) is 7.02. The molecule has 0 aliphatic rings. The Kier molecular flexibility index (Phi) is 6.00. The van der Waals surface area contributed by atoms with Gasteiger partial charge in [-0.1, -0.05) is 72.8 Å². The highest BCUT2D eigenvalue weighted by molar-refractivity contribution is 6.44. The molecule has 0 aromatic heterocycles. The van der Waals surface area contributed by atoms with Crippen molar-refractivity contribution in [2.24, 2.45) is 0 Å². The average Bonchev–Trinajstić information content (AvgIpc) is 3.08. The van der Waals surface area contributed by atoms with Crippen LogP contribution in [0.1, 0.15) is 0 Å². The molecule has 8 rings (SSSR count). The van der Waals surface area contributed by atoms with E-state index >= 15 is 0 Å². The van der Waals surface area contributed by atoms with Crippen molar-refractivity contribution in [1.82, 2.24) is 0 Å². The highest BCUT2D eigenvalue weighted by atomic mass is 16.5. The summed E-state index contributed by atoms with van der Waals surface area (Å²) < 4.78 is 10.2. The zero-order chi connectivity index (χ0) is 30.5. The first-order valence-electron chi connectivity index (χ1n) is 13.7. The normalized spacial score (nSPS) is 10.9. The van der Waals surface area contributed by atoms with Crippen LogP contribution < -0.4 is 19.9 Å². The number of benzene rings is 8. The monoisotopic (exact) mass is 564 g/mol. The fraction of sp³-hybridized carbons (Fsp3) is 0.0526. The van der Waals surface area contributed by atoms with E-state index in [2.05, 4.69) is 72.8 Å². The molecule has 0 heterocycles. The van der Waals surface area contributed by atoms with E-state index in [0.717, 1.165) is 0 Å². The summed E-state index contributed by atoms with van der Waals surface area (Å²) in [5.41, 5.74) is -0.302. The maximum Gasteiger partial charge on any atom is 0.140 e. The Morgan fingerprint density at radius 1 is 0.409 bits per heavy atom. The van der Waals surface area contributed by atoms with E-state index in [1.807, 2.05) is 0 Å². The Hall–Kier alpha value is -6.60. The first-order chi connectivity index (χ1) is 21.6. The van der Waals surface area contributed by atoms with Crippen molar-refractivity contribution in [2.45, 2.75) is 0 Å². The molecule has 0 saturated carbocycles. The van der Waals surface area contributed by atoms with E-state index in [9.17, 15) is 0 Å². The van der Waals surface area contributed by atoms with Crippen LogP contribution in [0.5, 0.6) is 11.5 Å². The highest BCUT2D eigenvalue weighted by Crippen LogP contribution is 2.47. The Bertz CT molecular complexity index is 2240. The lowest BCUT2D eigenvalue weighted by Crippen LogP contribution is -2.18. The molecule has 0 saturated heterocycles. The molecule has 8 aromatic rings. The zero-order valence-corrected chi connectivity index (χ0v) is 23.7. The van der Waals surface area contributed by atoms with Crippen LogP contribution in [-0.4, -0.2) is 14.2 Å². The van der Waals surface area contributed by atoms with Gasteiger partial charge in [-0.05, 0) is 76.8 Å². The molecule has 0 atom stereocenters. The predicted molar refractivity (Wildman–Crippen MR) is 173 cm³/mol. The molecular weight excluding hydrogens is 544 g/mol. The fourth-order valence-corrected chi connectivity index (χ4v) is 6.47. The highest BCUT2D eigenvalue weighted by Gasteiger charge is 2.19. The molecule has 0 fully saturated rings. The van der Waals surface area contributed by atoms with Gasteiger partial charge >= 0.3 is 0 Å². The molecule has 204 valence electrons. The number of ether oxygens (including phenoxy) is 2. The molecule has 0 spiro atoms. The second-order valence-electron chi connectivity index (χ2n) is 10.4. The van der Waals surface area contributed by atoms with Gasteiger partial charge in [0.05, 0.1) is 14.2 Å². The quantitative estimate of drug-likeness (QED) is 0.165. The van der Waals surface area contributed by atoms with Crippen LogP contribution in [-0.2, 0) is 0 Å². The van der Waals surface area contributed by atoms with E-state index in [1.54, 1.807) is 24.3 Å². The van der Waals surface area contributed by atoms with Crippen molar-refractivity contribution in [1.29, 1.82) is 21.0 Å². The molecule has 6 heteroatoms. The lowest BCUT2D eigenvalue weighted by molar-refractivity contribution is 0.397. The smallest absolute Gasteiger partial charge is 0.140 e. The summed E-state index contributed by atoms with van der Waals surface area (Å²) in [5, 5.41) is 52.9. The average molecular weight is 565 g/mol. The van der Waals surface area contributed by atoms with Crippen molar-refractivity contribution in [3.63, 3.8) is 0 Å². The minimum absolute atomic E-state index is 0.151. The Morgan fingerprint density at radius 3 is 0.773 bits per heavy atom. The van der Waals surface area contributed by atoms with Crippen LogP contribution in [0.15, 0.2) is 84.9 Å². The minimum atomic E-state index is -0.151. The first-order valence-corrected chi connectivity index (χ1v) is 13.7. The number of rotatable bonds is 2. The largest absolute Gasteiger partial charge is 0.496 e. The van der Waals surface area contributed by atoms with E-state index < -0.39 is 0 Å². The molecule has 0 amide bonds. The molecule has 0 bridgehead atoms. The number of hydrogen-bond acceptors (Lipinski definition) is 6. The first kappa shape index (κ1) is 26.3. The second kappa shape index (κ2) is 10.0. The summed E-state index contributed by atoms with van der Waals surface area (Å²) in [5.74, 6) is 0.420. The minimum Gasteiger partial charge on any atom is -0.496 e. The fourth-order valence-electron chi connectivity index (χ4n) is 6.47. The standard InChI is InChI=1S/C24H12.C14H8N4O2/c1-2-14-5-6-16-9-11-18-12-10-17-8-7-15-4-3-13(1)19-20(14)22(16)24(18)23(17)21(15)19;1-19-13-3-12(10(7-17)8-18)14(20-2)4-11(13)9(5-15)6-16/h1-12H;3-4H,1-2H3. The summed E-state index contributed by atoms with van der Waals surface area (Å²) in [6.07, 6.45) is 0. The van der Waals surface area contributed by atoms with Gasteiger partial charge in [0.25, 0.3) is 0 Å². The zero-order valence-electron chi connectivity index (χ0n) is 23.7. The van der Waals surface area contributed by atoms with Crippen molar-refractivity contribution in [2.75, 3.05) is 14.2 Å². The van der Waals surface area contributed by atoms with Gasteiger partial charge in [0.2, 0.25) is 0 Å². The van der Waals surface area contributed by atoms with Gasteiger partial charge in [-0.25, -0.2) is 0 Å². The molecule has 44 heavy (non-hydrogen) atoms. The molecule has 0 N–H and O–H groups in total. The maximum atomic E-state index is 8.92. The topological polar surface area (TPSA) is 114 Å². The van der Waals surface area contributed by atoms with Crippen molar-refractivity contribution in [3.05, 3.63) is 95.4 Å². The van der Waals surface area contributed by atoms with Crippen molar-refractivity contribution in [3.8, 4) is 35.8 Å². The number of methoxy groups -OCH3 is 2. The molecule has 6 nitrogen and oxygen atoms in total. The maximum absolute atomic E-state index is 8.92. The summed E-state index contributed by atoms with van der Waals surface area (Å²) in [6.45, 7) is 0. The summed E-state index contributed by atoms with van der Waals surface area (Å²) in [7, 11) is 2.72. The number of nitrogens with zero attached hydrogens (tertiary/aromatic N) is 4. The van der Waals surface area contributed by atoms with E-state index in [-0.39, 0.29) is 33.1 Å². The molecular formula is C38H20N4O2. The van der Waals surface area contributed by atoms with Crippen LogP contribution >= 0.6 is 0 Å². The van der Waals surface area contributed by atoms with Gasteiger partial charge in [-0.3, -0.25) is 0 Å². The number of nitriles is 4. The Balaban J connectivity index is 0.000000146. The van der Waals surface area contributed by atoms with Crippen molar-refractivity contribution < 1.29 is 9.47 Å². The summed E-state index contributed by atoms with van der Waals surface area (Å²) >= 11 is 0. The van der Waals surface area contributed by atoms with Gasteiger partial charge in [0.15, 0.2) is 0 Å². The Morgan fingerprint density at radius 2 is 0.614 bits per heavy atom. The van der Waals surface area contributed by atoms with Crippen LogP contribution in [0.2, 0.25) is 0 Å². The van der Waals surface area contributed by atoms with Gasteiger partial charge < -0.3 is 9.47 Å². The van der Waals surface area contributed by atoms with E-state index in [1.165, 1.54) is 91.0 Å².